The van der Waals surface area contributed by atoms with Crippen LogP contribution in [0.25, 0.3) is 10.9 Å². The van der Waals surface area contributed by atoms with Gasteiger partial charge in [0.25, 0.3) is 5.91 Å². The Morgan fingerprint density at radius 1 is 1.33 bits per heavy atom. The third-order valence-electron chi connectivity index (χ3n) is 3.56. The number of halogens is 1. The van der Waals surface area contributed by atoms with Gasteiger partial charge in [0.1, 0.15) is 5.82 Å². The molecule has 1 aromatic carbocycles. The van der Waals surface area contributed by atoms with Crippen LogP contribution >= 0.6 is 0 Å². The number of nitrogens with one attached hydrogen (secondary N) is 2. The molecule has 0 spiro atoms. The van der Waals surface area contributed by atoms with Gasteiger partial charge in [-0.1, -0.05) is 20.8 Å². The molecule has 3 nitrogen and oxygen atoms in total. The molecule has 0 unspecified atom stereocenters. The quantitative estimate of drug-likeness (QED) is 0.815. The molecule has 21 heavy (non-hydrogen) atoms. The maximum Gasteiger partial charge on any atom is 0.253 e. The molecule has 1 heterocycles. The van der Waals surface area contributed by atoms with Crippen molar-refractivity contribution in [2.24, 2.45) is 5.41 Å². The number of fused-ring (bicyclic) bond motifs is 1. The number of benzene rings is 1. The molecule has 1 aromatic heterocycles. The zero-order chi connectivity index (χ0) is 15.6. The van der Waals surface area contributed by atoms with Gasteiger partial charge in [0.15, 0.2) is 0 Å². The molecular formula is C17H23FN2O. The van der Waals surface area contributed by atoms with Crippen LogP contribution < -0.4 is 5.32 Å². The third-order valence-corrected chi connectivity index (χ3v) is 3.56. The fourth-order valence-electron chi connectivity index (χ4n) is 2.50. The van der Waals surface area contributed by atoms with Crippen LogP contribution in [0.2, 0.25) is 0 Å². The minimum atomic E-state index is -0.330. The van der Waals surface area contributed by atoms with Crippen LogP contribution in [0.3, 0.4) is 0 Å². The van der Waals surface area contributed by atoms with Crippen molar-refractivity contribution in [1.29, 1.82) is 0 Å². The van der Waals surface area contributed by atoms with E-state index in [4.69, 9.17) is 0 Å². The first-order valence-electron chi connectivity index (χ1n) is 7.34. The lowest BCUT2D eigenvalue weighted by Gasteiger charge is -2.17. The van der Waals surface area contributed by atoms with Crippen LogP contribution in [-0.4, -0.2) is 17.4 Å². The number of carbonyl (C=O) groups is 1. The van der Waals surface area contributed by atoms with Crippen LogP contribution in [0.1, 0.15) is 49.7 Å². The van der Waals surface area contributed by atoms with Crippen molar-refractivity contribution >= 4 is 16.8 Å². The smallest absolute Gasteiger partial charge is 0.253 e. The van der Waals surface area contributed by atoms with Gasteiger partial charge in [-0.3, -0.25) is 4.79 Å². The van der Waals surface area contributed by atoms with E-state index in [-0.39, 0.29) is 17.1 Å². The first-order valence-corrected chi connectivity index (χ1v) is 7.34. The molecule has 2 rings (SSSR count). The summed E-state index contributed by atoms with van der Waals surface area (Å²) in [7, 11) is 0. The van der Waals surface area contributed by atoms with Gasteiger partial charge in [0.2, 0.25) is 0 Å². The molecule has 0 aliphatic carbocycles. The van der Waals surface area contributed by atoms with E-state index in [1.807, 2.05) is 6.92 Å². The van der Waals surface area contributed by atoms with E-state index in [0.29, 0.717) is 17.5 Å². The van der Waals surface area contributed by atoms with E-state index in [0.717, 1.165) is 24.1 Å². The van der Waals surface area contributed by atoms with Gasteiger partial charge >= 0.3 is 0 Å². The van der Waals surface area contributed by atoms with Gasteiger partial charge in [-0.15, -0.1) is 0 Å². The van der Waals surface area contributed by atoms with Crippen LogP contribution in [0.5, 0.6) is 0 Å². The van der Waals surface area contributed by atoms with Crippen LogP contribution in [0, 0.1) is 18.2 Å². The number of H-pyrrole nitrogens is 1. The Balaban J connectivity index is 2.09. The fraction of sp³-hybridized carbons (Fsp3) is 0.471. The highest BCUT2D eigenvalue weighted by Crippen LogP contribution is 2.23. The second-order valence-electron chi connectivity index (χ2n) is 6.74. The van der Waals surface area contributed by atoms with Crippen molar-refractivity contribution in [2.75, 3.05) is 6.54 Å². The average Bonchev–Trinajstić information content (AvgIpc) is 2.68. The molecule has 0 aliphatic rings. The minimum absolute atomic E-state index is 0.141. The summed E-state index contributed by atoms with van der Waals surface area (Å²) in [6.45, 7) is 9.02. The second kappa shape index (κ2) is 5.88. The molecule has 0 atom stereocenters. The maximum atomic E-state index is 13.4. The summed E-state index contributed by atoms with van der Waals surface area (Å²) in [6.07, 6.45) is 1.99. The highest BCUT2D eigenvalue weighted by atomic mass is 19.1. The highest BCUT2D eigenvalue weighted by Gasteiger charge is 2.16. The SMILES string of the molecule is Cc1[nH]c2ccc(F)cc2c1C(=O)NCCCC(C)(C)C. The van der Waals surface area contributed by atoms with Crippen molar-refractivity contribution in [3.05, 3.63) is 35.3 Å². The number of rotatable bonds is 4. The summed E-state index contributed by atoms with van der Waals surface area (Å²) < 4.78 is 13.4. The van der Waals surface area contributed by atoms with E-state index in [1.165, 1.54) is 12.1 Å². The Morgan fingerprint density at radius 2 is 2.05 bits per heavy atom. The predicted molar refractivity (Wildman–Crippen MR) is 84.0 cm³/mol. The van der Waals surface area contributed by atoms with E-state index < -0.39 is 0 Å². The Labute approximate surface area is 124 Å². The normalized spacial score (nSPS) is 11.9. The summed E-state index contributed by atoms with van der Waals surface area (Å²) in [5.41, 5.74) is 2.36. The van der Waals surface area contributed by atoms with Gasteiger partial charge in [-0.2, -0.15) is 0 Å². The molecular weight excluding hydrogens is 267 g/mol. The first kappa shape index (κ1) is 15.5. The molecule has 0 aliphatic heterocycles. The van der Waals surface area contributed by atoms with E-state index in [1.54, 1.807) is 6.07 Å². The molecule has 2 aromatic rings. The molecule has 0 fully saturated rings. The van der Waals surface area contributed by atoms with Crippen molar-refractivity contribution < 1.29 is 9.18 Å². The molecule has 0 saturated carbocycles. The maximum absolute atomic E-state index is 13.4. The summed E-state index contributed by atoms with van der Waals surface area (Å²) in [5.74, 6) is -0.471. The zero-order valence-corrected chi connectivity index (χ0v) is 13.1. The molecule has 1 amide bonds. The molecule has 0 radical (unpaired) electrons. The minimum Gasteiger partial charge on any atom is -0.358 e. The highest BCUT2D eigenvalue weighted by molar-refractivity contribution is 6.08. The first-order chi connectivity index (χ1) is 9.78. The van der Waals surface area contributed by atoms with Crippen molar-refractivity contribution in [1.82, 2.24) is 10.3 Å². The van der Waals surface area contributed by atoms with E-state index in [9.17, 15) is 9.18 Å². The third kappa shape index (κ3) is 3.84. The summed E-state index contributed by atoms with van der Waals surface area (Å²) >= 11 is 0. The van der Waals surface area contributed by atoms with Crippen molar-refractivity contribution in [3.63, 3.8) is 0 Å². The fourth-order valence-corrected chi connectivity index (χ4v) is 2.50. The van der Waals surface area contributed by atoms with Gasteiger partial charge in [0, 0.05) is 23.1 Å². The summed E-state index contributed by atoms with van der Waals surface area (Å²) in [4.78, 5) is 15.4. The van der Waals surface area contributed by atoms with Gasteiger partial charge in [-0.05, 0) is 43.4 Å². The summed E-state index contributed by atoms with van der Waals surface area (Å²) in [5, 5.41) is 3.57. The van der Waals surface area contributed by atoms with E-state index >= 15 is 0 Å². The number of carbonyl (C=O) groups excluding carboxylic acids is 1. The largest absolute Gasteiger partial charge is 0.358 e. The number of amides is 1. The lowest BCUT2D eigenvalue weighted by molar-refractivity contribution is 0.0952. The Morgan fingerprint density at radius 3 is 2.71 bits per heavy atom. The van der Waals surface area contributed by atoms with Gasteiger partial charge in [-0.25, -0.2) is 4.39 Å². The lowest BCUT2D eigenvalue weighted by Crippen LogP contribution is -2.25. The van der Waals surface area contributed by atoms with Crippen LogP contribution in [0.4, 0.5) is 4.39 Å². The number of aromatic amines is 1. The Bertz CT molecular complexity index is 653. The molecule has 0 bridgehead atoms. The predicted octanol–water partition coefficient (Wildman–Crippen LogP) is 4.17. The monoisotopic (exact) mass is 290 g/mol. The van der Waals surface area contributed by atoms with Gasteiger partial charge in [0.05, 0.1) is 5.56 Å². The molecule has 4 heteroatoms. The average molecular weight is 290 g/mol. The van der Waals surface area contributed by atoms with Crippen LogP contribution in [-0.2, 0) is 0 Å². The van der Waals surface area contributed by atoms with Crippen molar-refractivity contribution in [2.45, 2.75) is 40.5 Å². The standard InChI is InChI=1S/C17H23FN2O/c1-11-15(13-10-12(18)6-7-14(13)20-11)16(21)19-9-5-8-17(2,3)4/h6-7,10,20H,5,8-9H2,1-4H3,(H,19,21). The second-order valence-corrected chi connectivity index (χ2v) is 6.74. The van der Waals surface area contributed by atoms with Gasteiger partial charge < -0.3 is 10.3 Å². The number of hydrogen-bond acceptors (Lipinski definition) is 1. The lowest BCUT2D eigenvalue weighted by atomic mass is 9.91. The molecule has 114 valence electrons. The van der Waals surface area contributed by atoms with Crippen molar-refractivity contribution in [3.8, 4) is 0 Å². The number of aromatic nitrogens is 1. The van der Waals surface area contributed by atoms with E-state index in [2.05, 4.69) is 31.1 Å². The molecule has 0 saturated heterocycles. The summed E-state index contributed by atoms with van der Waals surface area (Å²) in [6, 6.07) is 4.46. The Hall–Kier alpha value is -1.84. The number of hydrogen-bond donors (Lipinski definition) is 2. The zero-order valence-electron chi connectivity index (χ0n) is 13.1. The Kier molecular flexibility index (Phi) is 4.35. The topological polar surface area (TPSA) is 44.9 Å². The molecule has 2 N–H and O–H groups in total. The number of aryl methyl sites for hydroxylation is 1. The van der Waals surface area contributed by atoms with Crippen LogP contribution in [0.15, 0.2) is 18.2 Å².